The highest BCUT2D eigenvalue weighted by molar-refractivity contribution is 5.82. The number of methoxy groups -OCH3 is 1. The second kappa shape index (κ2) is 6.95. The number of ether oxygens (including phenoxy) is 1. The van der Waals surface area contributed by atoms with E-state index in [1.165, 1.54) is 28.7 Å². The molecule has 0 fully saturated rings. The molecule has 0 saturated carbocycles. The monoisotopic (exact) mass is 266 g/mol. The summed E-state index contributed by atoms with van der Waals surface area (Å²) in [6.45, 7) is 4.45. The summed E-state index contributed by atoms with van der Waals surface area (Å²) in [6, 6.07) is 18.9. The summed E-state index contributed by atoms with van der Waals surface area (Å²) in [4.78, 5) is 0. The summed E-state index contributed by atoms with van der Waals surface area (Å²) < 4.78 is 5.25. The Labute approximate surface area is 121 Å². The number of hydrogen-bond donors (Lipinski definition) is 0. The van der Waals surface area contributed by atoms with Gasteiger partial charge in [-0.25, -0.2) is 0 Å². The molecule has 20 heavy (non-hydrogen) atoms. The first kappa shape index (κ1) is 14.4. The topological polar surface area (TPSA) is 9.23 Å². The molecule has 0 N–H and O–H groups in total. The van der Waals surface area contributed by atoms with Gasteiger partial charge in [0.2, 0.25) is 0 Å². The average molecular weight is 266 g/mol. The molecule has 0 heterocycles. The Morgan fingerprint density at radius 2 is 1.50 bits per heavy atom. The summed E-state index contributed by atoms with van der Waals surface area (Å²) >= 11 is 0. The van der Waals surface area contributed by atoms with Crippen LogP contribution < -0.4 is 4.74 Å². The van der Waals surface area contributed by atoms with Crippen LogP contribution in [0.15, 0.2) is 60.2 Å². The molecule has 0 atom stereocenters. The minimum Gasteiger partial charge on any atom is -0.497 e. The predicted molar refractivity (Wildman–Crippen MR) is 86.0 cm³/mol. The summed E-state index contributed by atoms with van der Waals surface area (Å²) in [5, 5.41) is 0. The molecule has 1 heteroatoms. The zero-order valence-electron chi connectivity index (χ0n) is 12.5. The quantitative estimate of drug-likeness (QED) is 0.712. The summed E-state index contributed by atoms with van der Waals surface area (Å²) in [5.74, 6) is 0.898. The molecule has 0 radical (unpaired) electrons. The molecule has 0 saturated heterocycles. The summed E-state index contributed by atoms with van der Waals surface area (Å²) in [7, 11) is 1.70. The van der Waals surface area contributed by atoms with Gasteiger partial charge in [0.1, 0.15) is 5.75 Å². The van der Waals surface area contributed by atoms with E-state index >= 15 is 0 Å². The maximum absolute atomic E-state index is 5.25. The highest BCUT2D eigenvalue weighted by atomic mass is 16.5. The zero-order chi connectivity index (χ0) is 14.4. The van der Waals surface area contributed by atoms with Crippen molar-refractivity contribution < 1.29 is 4.74 Å². The van der Waals surface area contributed by atoms with Crippen LogP contribution in [0.2, 0.25) is 0 Å². The van der Waals surface area contributed by atoms with Crippen LogP contribution in [-0.2, 0) is 0 Å². The third-order valence-electron chi connectivity index (χ3n) is 3.49. The van der Waals surface area contributed by atoms with Crippen molar-refractivity contribution in [1.82, 2.24) is 0 Å². The van der Waals surface area contributed by atoms with Crippen LogP contribution in [0.3, 0.4) is 0 Å². The van der Waals surface area contributed by atoms with E-state index in [-0.39, 0.29) is 0 Å². The van der Waals surface area contributed by atoms with Gasteiger partial charge in [-0.2, -0.15) is 0 Å². The smallest absolute Gasteiger partial charge is 0.118 e. The number of rotatable bonds is 5. The Morgan fingerprint density at radius 1 is 0.900 bits per heavy atom. The largest absolute Gasteiger partial charge is 0.497 e. The zero-order valence-corrected chi connectivity index (χ0v) is 12.5. The molecule has 104 valence electrons. The summed E-state index contributed by atoms with van der Waals surface area (Å²) in [6.07, 6.45) is 2.29. The standard InChI is InChI=1S/C19H22O/c1-4-8-15(2)19(16-9-6-5-7-10-16)17-11-13-18(20-3)14-12-17/h5-7,9-14H,4,8H2,1-3H3/b19-15-. The van der Waals surface area contributed by atoms with E-state index in [2.05, 4.69) is 56.3 Å². The fraction of sp³-hybridized carbons (Fsp3) is 0.263. The van der Waals surface area contributed by atoms with E-state index < -0.39 is 0 Å². The van der Waals surface area contributed by atoms with Gasteiger partial charge in [0, 0.05) is 0 Å². The lowest BCUT2D eigenvalue weighted by Crippen LogP contribution is -1.93. The molecule has 0 aliphatic rings. The molecule has 2 aromatic carbocycles. The van der Waals surface area contributed by atoms with Gasteiger partial charge in [0.05, 0.1) is 7.11 Å². The second-order valence-corrected chi connectivity index (χ2v) is 5.00. The van der Waals surface area contributed by atoms with Crippen LogP contribution in [-0.4, -0.2) is 7.11 Å². The maximum Gasteiger partial charge on any atom is 0.118 e. The molecule has 2 aromatic rings. The van der Waals surface area contributed by atoms with Crippen LogP contribution in [0.1, 0.15) is 37.8 Å². The van der Waals surface area contributed by atoms with Gasteiger partial charge in [-0.3, -0.25) is 0 Å². The molecule has 0 aromatic heterocycles. The van der Waals surface area contributed by atoms with Crippen molar-refractivity contribution in [3.63, 3.8) is 0 Å². The Bertz CT molecular complexity index is 564. The van der Waals surface area contributed by atoms with Gasteiger partial charge in [0.25, 0.3) is 0 Å². The molecule has 0 bridgehead atoms. The Balaban J connectivity index is 2.49. The second-order valence-electron chi connectivity index (χ2n) is 5.00. The minimum absolute atomic E-state index is 0.898. The average Bonchev–Trinajstić information content (AvgIpc) is 2.50. The van der Waals surface area contributed by atoms with Crippen molar-refractivity contribution in [2.45, 2.75) is 26.7 Å². The number of hydrogen-bond acceptors (Lipinski definition) is 1. The molecule has 0 amide bonds. The fourth-order valence-corrected chi connectivity index (χ4v) is 2.52. The number of benzene rings is 2. The highest BCUT2D eigenvalue weighted by Gasteiger charge is 2.08. The van der Waals surface area contributed by atoms with Crippen LogP contribution in [0.5, 0.6) is 5.75 Å². The first-order chi connectivity index (χ1) is 9.76. The van der Waals surface area contributed by atoms with Crippen molar-refractivity contribution in [2.24, 2.45) is 0 Å². The third kappa shape index (κ3) is 3.30. The maximum atomic E-state index is 5.25. The Morgan fingerprint density at radius 3 is 2.05 bits per heavy atom. The van der Waals surface area contributed by atoms with Gasteiger partial charge in [0.15, 0.2) is 0 Å². The van der Waals surface area contributed by atoms with E-state index in [4.69, 9.17) is 4.74 Å². The predicted octanol–water partition coefficient (Wildman–Crippen LogP) is 5.32. The molecule has 1 nitrogen and oxygen atoms in total. The fourth-order valence-electron chi connectivity index (χ4n) is 2.52. The first-order valence-electron chi connectivity index (χ1n) is 7.16. The SMILES string of the molecule is CCC/C(C)=C(/c1ccccc1)c1ccc(OC)cc1. The Kier molecular flexibility index (Phi) is 5.00. The molecule has 0 unspecified atom stereocenters. The third-order valence-corrected chi connectivity index (χ3v) is 3.49. The lowest BCUT2D eigenvalue weighted by atomic mass is 9.92. The van der Waals surface area contributed by atoms with E-state index in [9.17, 15) is 0 Å². The van der Waals surface area contributed by atoms with Gasteiger partial charge in [-0.15, -0.1) is 0 Å². The highest BCUT2D eigenvalue weighted by Crippen LogP contribution is 2.29. The molecular formula is C19H22O. The van der Waals surface area contributed by atoms with Crippen LogP contribution in [0, 0.1) is 0 Å². The molecule has 0 spiro atoms. The lowest BCUT2D eigenvalue weighted by molar-refractivity contribution is 0.415. The van der Waals surface area contributed by atoms with E-state index in [0.717, 1.165) is 12.2 Å². The van der Waals surface area contributed by atoms with Gasteiger partial charge >= 0.3 is 0 Å². The van der Waals surface area contributed by atoms with Crippen molar-refractivity contribution >= 4 is 5.57 Å². The van der Waals surface area contributed by atoms with E-state index in [1.807, 2.05) is 12.1 Å². The van der Waals surface area contributed by atoms with Crippen molar-refractivity contribution in [1.29, 1.82) is 0 Å². The van der Waals surface area contributed by atoms with Crippen LogP contribution >= 0.6 is 0 Å². The van der Waals surface area contributed by atoms with E-state index in [1.54, 1.807) is 7.11 Å². The Hall–Kier alpha value is -2.02. The lowest BCUT2D eigenvalue weighted by Gasteiger charge is -2.13. The van der Waals surface area contributed by atoms with Crippen molar-refractivity contribution in [2.75, 3.05) is 7.11 Å². The van der Waals surface area contributed by atoms with Crippen molar-refractivity contribution in [3.8, 4) is 5.75 Å². The molecule has 2 rings (SSSR count). The first-order valence-corrected chi connectivity index (χ1v) is 7.16. The van der Waals surface area contributed by atoms with Gasteiger partial charge in [-0.1, -0.05) is 61.4 Å². The normalized spacial score (nSPS) is 11.9. The van der Waals surface area contributed by atoms with E-state index in [0.29, 0.717) is 0 Å². The molecule has 0 aliphatic heterocycles. The molecular weight excluding hydrogens is 244 g/mol. The summed E-state index contributed by atoms with van der Waals surface area (Å²) in [5.41, 5.74) is 5.31. The van der Waals surface area contributed by atoms with Crippen LogP contribution in [0.25, 0.3) is 5.57 Å². The molecule has 0 aliphatic carbocycles. The minimum atomic E-state index is 0.898. The van der Waals surface area contributed by atoms with Gasteiger partial charge < -0.3 is 4.74 Å². The van der Waals surface area contributed by atoms with Crippen molar-refractivity contribution in [3.05, 3.63) is 71.3 Å². The van der Waals surface area contributed by atoms with Gasteiger partial charge in [-0.05, 0) is 42.2 Å². The number of allylic oxidation sites excluding steroid dienone is 1. The van der Waals surface area contributed by atoms with Crippen LogP contribution in [0.4, 0.5) is 0 Å².